The third-order valence-corrected chi connectivity index (χ3v) is 5.94. The average Bonchev–Trinajstić information content (AvgIpc) is 2.61. The minimum absolute atomic E-state index is 0.323. The molecule has 0 amide bonds. The quantitative estimate of drug-likeness (QED) is 0.739. The molecule has 0 unspecified atom stereocenters. The molecule has 1 N–H and O–H groups in total. The number of hydrogen-bond donors (Lipinski definition) is 1. The van der Waals surface area contributed by atoms with Crippen LogP contribution in [0.3, 0.4) is 0 Å². The molecule has 0 atom stereocenters. The second-order valence-electron chi connectivity index (χ2n) is 7.33. The Morgan fingerprint density at radius 2 is 1.13 bits per heavy atom. The molecule has 4 rings (SSSR count). The van der Waals surface area contributed by atoms with Gasteiger partial charge in [0.05, 0.1) is 0 Å². The highest BCUT2D eigenvalue weighted by molar-refractivity contribution is 6.60. The molecule has 2 aromatic carbocycles. The lowest BCUT2D eigenvalue weighted by Crippen LogP contribution is -2.48. The number of hydrogen-bond acceptors (Lipinski definition) is 1. The largest absolute Gasteiger partial charge is 0.345 e. The maximum absolute atomic E-state index is 4.09. The zero-order chi connectivity index (χ0) is 15.5. The third kappa shape index (κ3) is 3.23. The van der Waals surface area contributed by atoms with Crippen LogP contribution in [0.5, 0.6) is 0 Å². The van der Waals surface area contributed by atoms with E-state index in [4.69, 9.17) is 0 Å². The van der Waals surface area contributed by atoms with Crippen molar-refractivity contribution in [2.45, 2.75) is 56.2 Å². The Morgan fingerprint density at radius 1 is 0.696 bits per heavy atom. The Bertz CT molecular complexity index is 551. The highest BCUT2D eigenvalue weighted by Crippen LogP contribution is 2.46. The molecule has 1 nitrogen and oxygen atoms in total. The lowest BCUT2D eigenvalue weighted by atomic mass is 9.34. The van der Waals surface area contributed by atoms with Gasteiger partial charge in [-0.2, -0.15) is 0 Å². The zero-order valence-corrected chi connectivity index (χ0v) is 13.8. The van der Waals surface area contributed by atoms with Crippen LogP contribution < -0.4 is 5.23 Å². The molecular weight excluding hydrogens is 277 g/mol. The van der Waals surface area contributed by atoms with Crippen LogP contribution in [0, 0.1) is 0 Å². The fourth-order valence-electron chi connectivity index (χ4n) is 4.82. The summed E-state index contributed by atoms with van der Waals surface area (Å²) in [5.41, 5.74) is 2.78. The molecule has 2 bridgehead atoms. The molecule has 0 aliphatic carbocycles. The van der Waals surface area contributed by atoms with Crippen LogP contribution in [-0.2, 0) is 0 Å². The smallest absolute Gasteiger partial charge is 0.227 e. The van der Waals surface area contributed by atoms with E-state index in [2.05, 4.69) is 65.9 Å². The van der Waals surface area contributed by atoms with Crippen molar-refractivity contribution >= 4 is 6.85 Å². The summed E-state index contributed by atoms with van der Waals surface area (Å²) >= 11 is 0. The molecule has 118 valence electrons. The highest BCUT2D eigenvalue weighted by atomic mass is 14.9. The van der Waals surface area contributed by atoms with Crippen molar-refractivity contribution in [2.24, 2.45) is 0 Å². The van der Waals surface area contributed by atoms with E-state index >= 15 is 0 Å². The van der Waals surface area contributed by atoms with Crippen LogP contribution in [0.15, 0.2) is 60.7 Å². The molecule has 0 saturated carbocycles. The highest BCUT2D eigenvalue weighted by Gasteiger charge is 2.40. The summed E-state index contributed by atoms with van der Waals surface area (Å²) in [6.45, 7) is 0.697. The second kappa shape index (κ2) is 6.92. The monoisotopic (exact) mass is 303 g/mol. The molecule has 23 heavy (non-hydrogen) atoms. The standard InChI is InChI=1S/C21H26BN/c1-3-9-17(10-4-1)21(18-11-5-2-6-12-18)23-22-19-13-7-14-20(22)16-8-15-19/h1-6,9-12,19-21,23H,7-8,13-16H2. The molecule has 0 radical (unpaired) electrons. The maximum atomic E-state index is 4.09. The van der Waals surface area contributed by atoms with Gasteiger partial charge in [-0.1, -0.05) is 99.2 Å². The normalized spacial score (nSPS) is 24.0. The van der Waals surface area contributed by atoms with E-state index in [9.17, 15) is 0 Å². The maximum Gasteiger partial charge on any atom is 0.227 e. The van der Waals surface area contributed by atoms with E-state index in [0.29, 0.717) is 12.9 Å². The van der Waals surface area contributed by atoms with Gasteiger partial charge in [-0.25, -0.2) is 0 Å². The fourth-order valence-corrected chi connectivity index (χ4v) is 4.82. The van der Waals surface area contributed by atoms with Crippen LogP contribution >= 0.6 is 0 Å². The van der Waals surface area contributed by atoms with Gasteiger partial charge in [-0.05, 0) is 22.8 Å². The van der Waals surface area contributed by atoms with Gasteiger partial charge in [-0.3, -0.25) is 0 Å². The molecule has 2 heteroatoms. The van der Waals surface area contributed by atoms with Crippen LogP contribution in [0.2, 0.25) is 11.6 Å². The second-order valence-corrected chi connectivity index (χ2v) is 7.33. The summed E-state index contributed by atoms with van der Waals surface area (Å²) in [5.74, 6) is 1.77. The summed E-state index contributed by atoms with van der Waals surface area (Å²) < 4.78 is 0. The lowest BCUT2D eigenvalue weighted by molar-refractivity contribution is 0.431. The van der Waals surface area contributed by atoms with Gasteiger partial charge in [0.2, 0.25) is 6.85 Å². The van der Waals surface area contributed by atoms with Gasteiger partial charge in [0.25, 0.3) is 0 Å². The summed E-state index contributed by atoms with van der Waals surface area (Å²) in [4.78, 5) is 0. The van der Waals surface area contributed by atoms with Crippen molar-refractivity contribution in [1.29, 1.82) is 0 Å². The van der Waals surface area contributed by atoms with E-state index in [0.717, 1.165) is 11.6 Å². The molecular formula is C21H26BN. The summed E-state index contributed by atoms with van der Waals surface area (Å²) in [6.07, 6.45) is 8.56. The lowest BCUT2D eigenvalue weighted by Gasteiger charge is -2.42. The first-order valence-corrected chi connectivity index (χ1v) is 9.28. The first-order valence-electron chi connectivity index (χ1n) is 9.28. The van der Waals surface area contributed by atoms with Crippen molar-refractivity contribution in [2.75, 3.05) is 0 Å². The molecule has 2 aliphatic rings. The molecule has 2 aliphatic heterocycles. The number of benzene rings is 2. The van der Waals surface area contributed by atoms with Gasteiger partial charge in [-0.15, -0.1) is 0 Å². The summed E-state index contributed by atoms with van der Waals surface area (Å²) in [6, 6.07) is 22.3. The Balaban J connectivity index is 1.63. The van der Waals surface area contributed by atoms with E-state index < -0.39 is 0 Å². The third-order valence-electron chi connectivity index (χ3n) is 5.94. The molecule has 2 fully saturated rings. The van der Waals surface area contributed by atoms with Gasteiger partial charge in [0.1, 0.15) is 0 Å². The Kier molecular flexibility index (Phi) is 4.52. The summed E-state index contributed by atoms with van der Waals surface area (Å²) in [7, 11) is 0. The molecule has 2 heterocycles. The van der Waals surface area contributed by atoms with Gasteiger partial charge in [0.15, 0.2) is 0 Å². The zero-order valence-electron chi connectivity index (χ0n) is 13.8. The number of nitrogens with one attached hydrogen (secondary N) is 1. The molecule has 0 aromatic heterocycles. The topological polar surface area (TPSA) is 12.0 Å². The van der Waals surface area contributed by atoms with Crippen LogP contribution in [0.4, 0.5) is 0 Å². The average molecular weight is 303 g/mol. The first kappa shape index (κ1) is 15.0. The Hall–Kier alpha value is -1.54. The van der Waals surface area contributed by atoms with Crippen molar-refractivity contribution in [3.05, 3.63) is 71.8 Å². The first-order chi connectivity index (χ1) is 11.4. The van der Waals surface area contributed by atoms with E-state index in [1.54, 1.807) is 0 Å². The minimum atomic E-state index is 0.323. The molecule has 2 aromatic rings. The Morgan fingerprint density at radius 3 is 1.57 bits per heavy atom. The van der Waals surface area contributed by atoms with E-state index in [1.165, 1.54) is 49.7 Å². The predicted molar refractivity (Wildman–Crippen MR) is 98.8 cm³/mol. The van der Waals surface area contributed by atoms with Crippen molar-refractivity contribution < 1.29 is 0 Å². The van der Waals surface area contributed by atoms with E-state index in [-0.39, 0.29) is 0 Å². The Labute approximate surface area is 140 Å². The minimum Gasteiger partial charge on any atom is -0.345 e. The van der Waals surface area contributed by atoms with Crippen LogP contribution in [0.1, 0.15) is 55.7 Å². The van der Waals surface area contributed by atoms with Crippen LogP contribution in [0.25, 0.3) is 0 Å². The van der Waals surface area contributed by atoms with Gasteiger partial charge in [0, 0.05) is 6.04 Å². The molecule has 2 saturated heterocycles. The van der Waals surface area contributed by atoms with E-state index in [1.807, 2.05) is 0 Å². The van der Waals surface area contributed by atoms with Crippen LogP contribution in [-0.4, -0.2) is 6.85 Å². The van der Waals surface area contributed by atoms with Crippen molar-refractivity contribution in [3.8, 4) is 0 Å². The number of rotatable bonds is 4. The van der Waals surface area contributed by atoms with Crippen molar-refractivity contribution in [3.63, 3.8) is 0 Å². The fraction of sp³-hybridized carbons (Fsp3) is 0.429. The predicted octanol–water partition coefficient (Wildman–Crippen LogP) is 5.47. The number of fused-ring (bicyclic) bond motifs is 2. The molecule has 0 spiro atoms. The SMILES string of the molecule is c1ccc(C(NB2C3CCCC2CCC3)c2ccccc2)cc1. The van der Waals surface area contributed by atoms with Gasteiger partial charge >= 0.3 is 0 Å². The summed E-state index contributed by atoms with van der Waals surface area (Å²) in [5, 5.41) is 4.09. The van der Waals surface area contributed by atoms with Gasteiger partial charge < -0.3 is 5.23 Å². The van der Waals surface area contributed by atoms with Crippen molar-refractivity contribution in [1.82, 2.24) is 5.23 Å².